The zero-order valence-corrected chi connectivity index (χ0v) is 15.3. The molecule has 1 aliphatic rings. The van der Waals surface area contributed by atoms with Crippen LogP contribution in [0.1, 0.15) is 18.2 Å². The van der Waals surface area contributed by atoms with Gasteiger partial charge in [-0.2, -0.15) is 9.40 Å². The van der Waals surface area contributed by atoms with Gasteiger partial charge in [0.1, 0.15) is 10.7 Å². The minimum absolute atomic E-state index is 0.204. The average Bonchev–Trinajstić information content (AvgIpc) is 3.01. The van der Waals surface area contributed by atoms with E-state index in [4.69, 9.17) is 4.74 Å². The molecule has 0 spiro atoms. The lowest BCUT2D eigenvalue weighted by Crippen LogP contribution is -2.40. The highest BCUT2D eigenvalue weighted by molar-refractivity contribution is 7.89. The van der Waals surface area contributed by atoms with Crippen LogP contribution < -0.4 is 5.32 Å². The van der Waals surface area contributed by atoms with Gasteiger partial charge in [-0.25, -0.2) is 13.4 Å². The number of aromatic nitrogens is 3. The van der Waals surface area contributed by atoms with Crippen LogP contribution in [0.15, 0.2) is 29.4 Å². The number of ether oxygens (including phenoxy) is 1. The van der Waals surface area contributed by atoms with Crippen molar-refractivity contribution in [1.82, 2.24) is 19.1 Å². The third-order valence-corrected chi connectivity index (χ3v) is 6.01. The molecule has 3 heterocycles. The van der Waals surface area contributed by atoms with Crippen LogP contribution in [-0.2, 0) is 34.8 Å². The van der Waals surface area contributed by atoms with Gasteiger partial charge in [-0.05, 0) is 18.6 Å². The van der Waals surface area contributed by atoms with Crippen molar-refractivity contribution < 1.29 is 13.2 Å². The van der Waals surface area contributed by atoms with E-state index in [1.54, 1.807) is 16.8 Å². The van der Waals surface area contributed by atoms with E-state index in [1.807, 2.05) is 13.2 Å². The van der Waals surface area contributed by atoms with E-state index in [1.165, 1.54) is 10.5 Å². The molecule has 0 radical (unpaired) electrons. The van der Waals surface area contributed by atoms with Gasteiger partial charge in [0.05, 0.1) is 18.9 Å². The highest BCUT2D eigenvalue weighted by Gasteiger charge is 2.26. The Labute approximate surface area is 147 Å². The minimum atomic E-state index is -3.50. The molecular weight excluding hydrogens is 342 g/mol. The molecular formula is C16H23N5O3S. The number of sulfonamides is 1. The molecule has 1 saturated heterocycles. The van der Waals surface area contributed by atoms with E-state index >= 15 is 0 Å². The first-order valence-corrected chi connectivity index (χ1v) is 9.74. The number of nitrogens with zero attached hydrogens (tertiary/aromatic N) is 4. The number of aryl methyl sites for hydroxylation is 2. The molecule has 0 unspecified atom stereocenters. The van der Waals surface area contributed by atoms with Crippen molar-refractivity contribution in [3.63, 3.8) is 0 Å². The number of nitrogens with one attached hydrogen (secondary N) is 1. The molecule has 1 fully saturated rings. The third kappa shape index (κ3) is 4.00. The van der Waals surface area contributed by atoms with Crippen LogP contribution in [0.3, 0.4) is 0 Å². The van der Waals surface area contributed by atoms with Gasteiger partial charge in [0.25, 0.3) is 0 Å². The van der Waals surface area contributed by atoms with Crippen LogP contribution in [0.4, 0.5) is 5.82 Å². The number of rotatable bonds is 6. The molecule has 8 nitrogen and oxygen atoms in total. The second-order valence-corrected chi connectivity index (χ2v) is 7.82. The first-order valence-electron chi connectivity index (χ1n) is 8.30. The summed E-state index contributed by atoms with van der Waals surface area (Å²) in [5.41, 5.74) is 2.15. The molecule has 136 valence electrons. The monoisotopic (exact) mass is 365 g/mol. The van der Waals surface area contributed by atoms with Crippen LogP contribution >= 0.6 is 0 Å². The lowest BCUT2D eigenvalue weighted by Gasteiger charge is -2.25. The molecule has 1 N–H and O–H groups in total. The van der Waals surface area contributed by atoms with E-state index in [2.05, 4.69) is 22.3 Å². The van der Waals surface area contributed by atoms with Crippen molar-refractivity contribution >= 4 is 15.8 Å². The lowest BCUT2D eigenvalue weighted by molar-refractivity contribution is 0.0730. The Balaban J connectivity index is 1.67. The first kappa shape index (κ1) is 17.8. The summed E-state index contributed by atoms with van der Waals surface area (Å²) >= 11 is 0. The summed E-state index contributed by atoms with van der Waals surface area (Å²) < 4.78 is 33.6. The first-order chi connectivity index (χ1) is 12.0. The summed E-state index contributed by atoms with van der Waals surface area (Å²) in [5.74, 6) is 0.631. The van der Waals surface area contributed by atoms with Crippen LogP contribution in [0.2, 0.25) is 0 Å². The van der Waals surface area contributed by atoms with E-state index in [-0.39, 0.29) is 4.90 Å². The maximum absolute atomic E-state index is 12.6. The molecule has 0 amide bonds. The van der Waals surface area contributed by atoms with Crippen LogP contribution in [-0.4, -0.2) is 53.8 Å². The summed E-state index contributed by atoms with van der Waals surface area (Å²) in [6.07, 6.45) is 4.24. The van der Waals surface area contributed by atoms with Gasteiger partial charge in [0.2, 0.25) is 10.0 Å². The van der Waals surface area contributed by atoms with Crippen molar-refractivity contribution in [2.24, 2.45) is 7.05 Å². The quantitative estimate of drug-likeness (QED) is 0.822. The van der Waals surface area contributed by atoms with Gasteiger partial charge in [0, 0.05) is 44.6 Å². The molecule has 2 aromatic heterocycles. The van der Waals surface area contributed by atoms with Crippen molar-refractivity contribution in [2.75, 3.05) is 31.6 Å². The van der Waals surface area contributed by atoms with E-state index in [0.29, 0.717) is 38.7 Å². The largest absolute Gasteiger partial charge is 0.379 e. The van der Waals surface area contributed by atoms with Gasteiger partial charge in [-0.1, -0.05) is 6.92 Å². The number of morpholine rings is 1. The van der Waals surface area contributed by atoms with Crippen LogP contribution in [0, 0.1) is 0 Å². The Morgan fingerprint density at radius 3 is 2.68 bits per heavy atom. The fourth-order valence-corrected chi connectivity index (χ4v) is 4.14. The van der Waals surface area contributed by atoms with Gasteiger partial charge in [-0.15, -0.1) is 0 Å². The highest BCUT2D eigenvalue weighted by Crippen LogP contribution is 2.18. The maximum atomic E-state index is 12.6. The third-order valence-electron chi connectivity index (χ3n) is 4.13. The van der Waals surface area contributed by atoms with Gasteiger partial charge in [0.15, 0.2) is 0 Å². The standard InChI is InChI=1S/C16H23N5O3S/c1-3-15-13(12-20(2)19-15)10-17-16-5-4-14(11-18-16)25(22,23)21-6-8-24-9-7-21/h4-5,11-12H,3,6-10H2,1-2H3,(H,17,18). The summed E-state index contributed by atoms with van der Waals surface area (Å²) in [6, 6.07) is 3.28. The minimum Gasteiger partial charge on any atom is -0.379 e. The van der Waals surface area contributed by atoms with Gasteiger partial charge < -0.3 is 10.1 Å². The van der Waals surface area contributed by atoms with E-state index in [9.17, 15) is 8.42 Å². The Morgan fingerprint density at radius 2 is 2.04 bits per heavy atom. The van der Waals surface area contributed by atoms with Crippen molar-refractivity contribution in [3.8, 4) is 0 Å². The maximum Gasteiger partial charge on any atom is 0.244 e. The molecule has 0 saturated carbocycles. The second kappa shape index (κ2) is 7.51. The smallest absolute Gasteiger partial charge is 0.244 e. The number of pyridine rings is 1. The molecule has 0 aromatic carbocycles. The Morgan fingerprint density at radius 1 is 1.28 bits per heavy atom. The lowest BCUT2D eigenvalue weighted by atomic mass is 10.2. The molecule has 0 aliphatic carbocycles. The number of hydrogen-bond donors (Lipinski definition) is 1. The normalized spacial score (nSPS) is 16.1. The molecule has 9 heteroatoms. The van der Waals surface area contributed by atoms with Crippen molar-refractivity contribution in [2.45, 2.75) is 24.8 Å². The van der Waals surface area contributed by atoms with E-state index in [0.717, 1.165) is 17.7 Å². The molecule has 2 aromatic rings. The van der Waals surface area contributed by atoms with Crippen LogP contribution in [0.5, 0.6) is 0 Å². The fraction of sp³-hybridized carbons (Fsp3) is 0.500. The highest BCUT2D eigenvalue weighted by atomic mass is 32.2. The molecule has 0 bridgehead atoms. The number of hydrogen-bond acceptors (Lipinski definition) is 6. The summed E-state index contributed by atoms with van der Waals surface area (Å²) in [4.78, 5) is 4.45. The predicted octanol–water partition coefficient (Wildman–Crippen LogP) is 1.01. The van der Waals surface area contributed by atoms with Crippen molar-refractivity contribution in [3.05, 3.63) is 35.8 Å². The molecule has 0 atom stereocenters. The summed E-state index contributed by atoms with van der Waals surface area (Å²) in [7, 11) is -1.61. The Bertz CT molecular complexity index is 811. The predicted molar refractivity (Wildman–Crippen MR) is 93.7 cm³/mol. The van der Waals surface area contributed by atoms with Crippen LogP contribution in [0.25, 0.3) is 0 Å². The SMILES string of the molecule is CCc1nn(C)cc1CNc1ccc(S(=O)(=O)N2CCOCC2)cn1. The topological polar surface area (TPSA) is 89.4 Å². The Kier molecular flexibility index (Phi) is 5.36. The Hall–Kier alpha value is -1.97. The molecule has 25 heavy (non-hydrogen) atoms. The molecule has 3 rings (SSSR count). The van der Waals surface area contributed by atoms with Gasteiger partial charge >= 0.3 is 0 Å². The van der Waals surface area contributed by atoms with E-state index < -0.39 is 10.0 Å². The van der Waals surface area contributed by atoms with Crippen molar-refractivity contribution in [1.29, 1.82) is 0 Å². The zero-order chi connectivity index (χ0) is 17.9. The molecule has 1 aliphatic heterocycles. The fourth-order valence-electron chi connectivity index (χ4n) is 2.79. The summed E-state index contributed by atoms with van der Waals surface area (Å²) in [5, 5.41) is 7.62. The average molecular weight is 365 g/mol. The second-order valence-electron chi connectivity index (χ2n) is 5.88. The summed E-state index contributed by atoms with van der Waals surface area (Å²) in [6.45, 7) is 4.27. The van der Waals surface area contributed by atoms with Gasteiger partial charge in [-0.3, -0.25) is 4.68 Å². The zero-order valence-electron chi connectivity index (χ0n) is 14.5. The number of anilines is 1.